The fourth-order valence-electron chi connectivity index (χ4n) is 4.72. The Hall–Kier alpha value is -1.89. The zero-order valence-corrected chi connectivity index (χ0v) is 16.0. The molecule has 2 unspecified atom stereocenters. The van der Waals surface area contributed by atoms with Crippen LogP contribution in [0.15, 0.2) is 23.1 Å². The number of hydrogen-bond acceptors (Lipinski definition) is 4. The molecule has 140 valence electrons. The highest BCUT2D eigenvalue weighted by atomic mass is 32.2. The largest absolute Gasteiger partial charge is 0.335 e. The van der Waals surface area contributed by atoms with Crippen LogP contribution in [0.4, 0.5) is 0 Å². The molecule has 7 heteroatoms. The lowest BCUT2D eigenvalue weighted by Gasteiger charge is -2.31. The Balaban J connectivity index is 1.68. The van der Waals surface area contributed by atoms with Crippen molar-refractivity contribution in [2.24, 2.45) is 5.92 Å². The van der Waals surface area contributed by atoms with Crippen LogP contribution in [0.1, 0.15) is 66.7 Å². The van der Waals surface area contributed by atoms with E-state index in [1.807, 2.05) is 4.90 Å². The first-order chi connectivity index (χ1) is 12.3. The van der Waals surface area contributed by atoms with E-state index in [1.54, 1.807) is 19.9 Å². The van der Waals surface area contributed by atoms with Crippen LogP contribution in [0.25, 0.3) is 0 Å². The SMILES string of the molecule is CC(C)N1C(=O)c2ccc(C(=O)N3CCC4CCCCC43)cc2S1(=O)=O. The Bertz CT molecular complexity index is 878. The van der Waals surface area contributed by atoms with E-state index >= 15 is 0 Å². The Morgan fingerprint density at radius 2 is 1.88 bits per heavy atom. The summed E-state index contributed by atoms with van der Waals surface area (Å²) >= 11 is 0. The number of carbonyl (C=O) groups is 2. The van der Waals surface area contributed by atoms with Gasteiger partial charge in [-0.05, 0) is 57.2 Å². The van der Waals surface area contributed by atoms with Crippen LogP contribution >= 0.6 is 0 Å². The lowest BCUT2D eigenvalue weighted by atomic mass is 9.85. The third kappa shape index (κ3) is 2.47. The minimum Gasteiger partial charge on any atom is -0.335 e. The maximum atomic E-state index is 13.0. The van der Waals surface area contributed by atoms with Gasteiger partial charge in [-0.1, -0.05) is 12.8 Å². The average molecular weight is 376 g/mol. The van der Waals surface area contributed by atoms with Crippen LogP contribution in [-0.2, 0) is 10.0 Å². The average Bonchev–Trinajstić information content (AvgIpc) is 3.11. The van der Waals surface area contributed by atoms with Gasteiger partial charge in [-0.15, -0.1) is 0 Å². The predicted molar refractivity (Wildman–Crippen MR) is 96.3 cm³/mol. The molecule has 3 aliphatic rings. The zero-order chi connectivity index (χ0) is 18.6. The van der Waals surface area contributed by atoms with E-state index in [0.29, 0.717) is 11.5 Å². The van der Waals surface area contributed by atoms with Crippen molar-refractivity contribution in [2.45, 2.75) is 62.9 Å². The summed E-state index contributed by atoms with van der Waals surface area (Å²) < 4.78 is 26.4. The van der Waals surface area contributed by atoms with Crippen LogP contribution in [0.3, 0.4) is 0 Å². The zero-order valence-electron chi connectivity index (χ0n) is 15.1. The molecule has 1 aromatic carbocycles. The van der Waals surface area contributed by atoms with Gasteiger partial charge < -0.3 is 4.90 Å². The summed E-state index contributed by atoms with van der Waals surface area (Å²) in [6.07, 6.45) is 5.60. The molecule has 2 heterocycles. The summed E-state index contributed by atoms with van der Waals surface area (Å²) in [5.74, 6) is -0.0563. The quantitative estimate of drug-likeness (QED) is 0.795. The van der Waals surface area contributed by atoms with E-state index < -0.39 is 22.0 Å². The van der Waals surface area contributed by atoms with Crippen LogP contribution in [0.2, 0.25) is 0 Å². The Kier molecular flexibility index (Phi) is 4.10. The first-order valence-corrected chi connectivity index (χ1v) is 10.8. The van der Waals surface area contributed by atoms with Crippen LogP contribution in [-0.4, -0.2) is 48.1 Å². The van der Waals surface area contributed by atoms with Gasteiger partial charge in [-0.25, -0.2) is 12.7 Å². The molecule has 2 amide bonds. The topological polar surface area (TPSA) is 74.8 Å². The van der Waals surface area contributed by atoms with E-state index in [-0.39, 0.29) is 22.4 Å². The highest BCUT2D eigenvalue weighted by Crippen LogP contribution is 2.38. The van der Waals surface area contributed by atoms with Gasteiger partial charge >= 0.3 is 0 Å². The maximum absolute atomic E-state index is 13.0. The normalized spacial score (nSPS) is 27.0. The van der Waals surface area contributed by atoms with Crippen molar-refractivity contribution in [3.63, 3.8) is 0 Å². The second kappa shape index (κ2) is 6.08. The van der Waals surface area contributed by atoms with Gasteiger partial charge in [0, 0.05) is 24.2 Å². The third-order valence-electron chi connectivity index (χ3n) is 5.94. The molecule has 1 saturated heterocycles. The molecule has 2 aliphatic heterocycles. The van der Waals surface area contributed by atoms with Gasteiger partial charge in [0.05, 0.1) is 5.56 Å². The van der Waals surface area contributed by atoms with Crippen LogP contribution in [0.5, 0.6) is 0 Å². The minimum atomic E-state index is -3.88. The van der Waals surface area contributed by atoms with E-state index in [1.165, 1.54) is 25.0 Å². The second-order valence-corrected chi connectivity index (χ2v) is 9.59. The number of nitrogens with zero attached hydrogens (tertiary/aromatic N) is 2. The second-order valence-electron chi connectivity index (χ2n) is 7.81. The van der Waals surface area contributed by atoms with Crippen molar-refractivity contribution in [3.8, 4) is 0 Å². The number of sulfonamides is 1. The standard InChI is InChI=1S/C19H24N2O4S/c1-12(2)21-19(23)15-8-7-14(11-17(15)26(21,24)25)18(22)20-10-9-13-5-3-4-6-16(13)20/h7-8,11-13,16H,3-6,9-10H2,1-2H3. The molecule has 1 saturated carbocycles. The first-order valence-electron chi connectivity index (χ1n) is 9.36. The van der Waals surface area contributed by atoms with E-state index in [2.05, 4.69) is 0 Å². The molecule has 0 aromatic heterocycles. The highest BCUT2D eigenvalue weighted by Gasteiger charge is 2.44. The fourth-order valence-corrected chi connectivity index (χ4v) is 6.51. The Morgan fingerprint density at radius 3 is 2.62 bits per heavy atom. The Labute approximate surface area is 154 Å². The molecule has 1 aliphatic carbocycles. The number of likely N-dealkylation sites (tertiary alicyclic amines) is 1. The molecule has 0 radical (unpaired) electrons. The van der Waals surface area contributed by atoms with E-state index in [9.17, 15) is 18.0 Å². The number of fused-ring (bicyclic) bond motifs is 2. The van der Waals surface area contributed by atoms with E-state index in [4.69, 9.17) is 0 Å². The summed E-state index contributed by atoms with van der Waals surface area (Å²) in [7, 11) is -3.88. The number of hydrogen-bond donors (Lipinski definition) is 0. The fraction of sp³-hybridized carbons (Fsp3) is 0.579. The molecule has 6 nitrogen and oxygen atoms in total. The lowest BCUT2D eigenvalue weighted by Crippen LogP contribution is -2.39. The van der Waals surface area contributed by atoms with Crippen LogP contribution < -0.4 is 0 Å². The summed E-state index contributed by atoms with van der Waals surface area (Å²) in [6, 6.07) is 4.28. The Morgan fingerprint density at radius 1 is 1.15 bits per heavy atom. The molecule has 0 N–H and O–H groups in total. The van der Waals surface area contributed by atoms with Crippen LogP contribution in [0, 0.1) is 5.92 Å². The van der Waals surface area contributed by atoms with Gasteiger partial charge in [0.25, 0.3) is 21.8 Å². The van der Waals surface area contributed by atoms with Crippen molar-refractivity contribution >= 4 is 21.8 Å². The third-order valence-corrected chi connectivity index (χ3v) is 7.93. The molecule has 2 fully saturated rings. The van der Waals surface area contributed by atoms with Crippen molar-refractivity contribution in [1.82, 2.24) is 9.21 Å². The molecular weight excluding hydrogens is 352 g/mol. The number of benzene rings is 1. The van der Waals surface area contributed by atoms with Gasteiger partial charge in [-0.3, -0.25) is 9.59 Å². The van der Waals surface area contributed by atoms with Gasteiger partial charge in [0.1, 0.15) is 4.90 Å². The minimum absolute atomic E-state index is 0.0403. The van der Waals surface area contributed by atoms with Gasteiger partial charge in [0.15, 0.2) is 0 Å². The molecule has 1 aromatic rings. The smallest absolute Gasteiger partial charge is 0.269 e. The lowest BCUT2D eigenvalue weighted by molar-refractivity contribution is 0.0689. The number of rotatable bonds is 2. The number of carbonyl (C=O) groups excluding carboxylic acids is 2. The number of amides is 2. The first kappa shape index (κ1) is 17.5. The van der Waals surface area contributed by atoms with Crippen molar-refractivity contribution in [2.75, 3.05) is 6.54 Å². The monoisotopic (exact) mass is 376 g/mol. The molecular formula is C19H24N2O4S. The predicted octanol–water partition coefficient (Wildman–Crippen LogP) is 2.64. The van der Waals surface area contributed by atoms with Gasteiger partial charge in [-0.2, -0.15) is 0 Å². The maximum Gasteiger partial charge on any atom is 0.269 e. The summed E-state index contributed by atoms with van der Waals surface area (Å²) in [5.41, 5.74) is 0.518. The van der Waals surface area contributed by atoms with Crippen molar-refractivity contribution in [1.29, 1.82) is 0 Å². The van der Waals surface area contributed by atoms with Gasteiger partial charge in [0.2, 0.25) is 0 Å². The molecule has 0 bridgehead atoms. The summed E-state index contributed by atoms with van der Waals surface area (Å²) in [4.78, 5) is 27.3. The van der Waals surface area contributed by atoms with E-state index in [0.717, 1.165) is 30.1 Å². The van der Waals surface area contributed by atoms with Crippen molar-refractivity contribution in [3.05, 3.63) is 29.3 Å². The molecule has 2 atom stereocenters. The molecule has 4 rings (SSSR count). The molecule has 0 spiro atoms. The summed E-state index contributed by atoms with van der Waals surface area (Å²) in [5, 5.41) is 0. The highest BCUT2D eigenvalue weighted by molar-refractivity contribution is 7.90. The van der Waals surface area contributed by atoms with Crippen molar-refractivity contribution < 1.29 is 18.0 Å². The summed E-state index contributed by atoms with van der Waals surface area (Å²) in [6.45, 7) is 4.07. The molecule has 26 heavy (non-hydrogen) atoms.